The maximum Gasteiger partial charge on any atom is 0.146 e. The molecule has 1 aromatic rings. The molecule has 1 aliphatic heterocycles. The van der Waals surface area contributed by atoms with E-state index < -0.39 is 5.60 Å². The zero-order valence-corrected chi connectivity index (χ0v) is 11.4. The molecule has 0 spiro atoms. The third-order valence-electron chi connectivity index (χ3n) is 3.29. The highest BCUT2D eigenvalue weighted by molar-refractivity contribution is 5.55. The lowest BCUT2D eigenvalue weighted by Crippen LogP contribution is -2.54. The van der Waals surface area contributed by atoms with Crippen LogP contribution in [-0.2, 0) is 11.3 Å². The molecular weight excluding hydrogens is 247 g/mol. The first kappa shape index (κ1) is 14.2. The number of hydrogen-bond acceptors (Lipinski definition) is 4. The van der Waals surface area contributed by atoms with E-state index in [2.05, 4.69) is 0 Å². The van der Waals surface area contributed by atoms with Crippen LogP contribution in [0, 0.1) is 5.82 Å². The van der Waals surface area contributed by atoms with Gasteiger partial charge < -0.3 is 20.5 Å². The van der Waals surface area contributed by atoms with Gasteiger partial charge in [0.05, 0.1) is 24.0 Å². The maximum absolute atomic E-state index is 14.1. The van der Waals surface area contributed by atoms with Crippen molar-refractivity contribution in [2.24, 2.45) is 5.73 Å². The predicted octanol–water partition coefficient (Wildman–Crippen LogP) is 1.26. The van der Waals surface area contributed by atoms with Crippen molar-refractivity contribution in [3.63, 3.8) is 0 Å². The lowest BCUT2D eigenvalue weighted by molar-refractivity contribution is -0.101. The number of nitrogens with zero attached hydrogens (tertiary/aromatic N) is 1. The van der Waals surface area contributed by atoms with Gasteiger partial charge in [0.2, 0.25) is 0 Å². The Morgan fingerprint density at radius 2 is 2.26 bits per heavy atom. The summed E-state index contributed by atoms with van der Waals surface area (Å²) in [7, 11) is 0. The van der Waals surface area contributed by atoms with Crippen molar-refractivity contribution in [2.75, 3.05) is 24.6 Å². The molecule has 0 aliphatic carbocycles. The summed E-state index contributed by atoms with van der Waals surface area (Å²) in [4.78, 5) is 1.92. The molecule has 1 aliphatic rings. The number of hydrogen-bond donors (Lipinski definition) is 2. The van der Waals surface area contributed by atoms with Crippen molar-refractivity contribution >= 4 is 5.69 Å². The average molecular weight is 268 g/mol. The smallest absolute Gasteiger partial charge is 0.146 e. The molecule has 0 bridgehead atoms. The van der Waals surface area contributed by atoms with E-state index in [-0.39, 0.29) is 25.1 Å². The van der Waals surface area contributed by atoms with Crippen LogP contribution in [0.5, 0.6) is 0 Å². The van der Waals surface area contributed by atoms with Crippen molar-refractivity contribution in [3.05, 3.63) is 29.6 Å². The number of morpholine rings is 1. The average Bonchev–Trinajstić information content (AvgIpc) is 2.36. The number of para-hydroxylation sites is 1. The largest absolute Gasteiger partial charge is 0.394 e. The Morgan fingerprint density at radius 3 is 2.89 bits per heavy atom. The highest BCUT2D eigenvalue weighted by Gasteiger charge is 2.34. The predicted molar refractivity (Wildman–Crippen MR) is 72.5 cm³/mol. The Morgan fingerprint density at radius 1 is 1.53 bits per heavy atom. The molecule has 1 heterocycles. The quantitative estimate of drug-likeness (QED) is 0.866. The molecule has 5 heteroatoms. The van der Waals surface area contributed by atoms with Crippen LogP contribution in [0.25, 0.3) is 0 Å². The number of halogens is 1. The van der Waals surface area contributed by atoms with E-state index >= 15 is 0 Å². The normalized spacial score (nSPS) is 22.6. The van der Waals surface area contributed by atoms with Gasteiger partial charge in [-0.05, 0) is 25.5 Å². The van der Waals surface area contributed by atoms with Crippen LogP contribution in [0.3, 0.4) is 0 Å². The van der Waals surface area contributed by atoms with Crippen LogP contribution in [0.4, 0.5) is 10.1 Å². The number of ether oxygens (including phenoxy) is 1. The summed E-state index contributed by atoms with van der Waals surface area (Å²) in [5, 5.41) is 9.31. The molecule has 1 fully saturated rings. The van der Waals surface area contributed by atoms with Gasteiger partial charge in [-0.25, -0.2) is 4.39 Å². The van der Waals surface area contributed by atoms with E-state index in [4.69, 9.17) is 10.5 Å². The Hall–Kier alpha value is -1.17. The minimum absolute atomic E-state index is 0.0770. The Kier molecular flexibility index (Phi) is 4.08. The zero-order chi connectivity index (χ0) is 14.0. The van der Waals surface area contributed by atoms with Crippen molar-refractivity contribution in [3.8, 4) is 0 Å². The number of aliphatic hydroxyl groups is 1. The van der Waals surface area contributed by atoms with E-state index in [0.29, 0.717) is 18.8 Å². The summed E-state index contributed by atoms with van der Waals surface area (Å²) >= 11 is 0. The van der Waals surface area contributed by atoms with E-state index in [1.165, 1.54) is 6.07 Å². The molecule has 106 valence electrons. The van der Waals surface area contributed by atoms with Crippen molar-refractivity contribution in [2.45, 2.75) is 32.1 Å². The highest BCUT2D eigenvalue weighted by atomic mass is 19.1. The van der Waals surface area contributed by atoms with Crippen LogP contribution in [0.2, 0.25) is 0 Å². The topological polar surface area (TPSA) is 58.7 Å². The number of aliphatic hydroxyl groups excluding tert-OH is 1. The number of benzene rings is 1. The molecule has 0 saturated carbocycles. The monoisotopic (exact) mass is 268 g/mol. The molecular formula is C14H21FN2O2. The summed E-state index contributed by atoms with van der Waals surface area (Å²) in [5.74, 6) is -0.280. The second-order valence-corrected chi connectivity index (χ2v) is 5.51. The summed E-state index contributed by atoms with van der Waals surface area (Å²) in [6.45, 7) is 5.11. The van der Waals surface area contributed by atoms with Crippen LogP contribution >= 0.6 is 0 Å². The molecule has 1 saturated heterocycles. The minimum Gasteiger partial charge on any atom is -0.394 e. The maximum atomic E-state index is 14.1. The molecule has 19 heavy (non-hydrogen) atoms. The second-order valence-electron chi connectivity index (χ2n) is 5.51. The minimum atomic E-state index is -0.431. The zero-order valence-electron chi connectivity index (χ0n) is 11.4. The number of anilines is 1. The fourth-order valence-electron chi connectivity index (χ4n) is 2.64. The molecule has 0 amide bonds. The van der Waals surface area contributed by atoms with Crippen LogP contribution in [-0.4, -0.2) is 36.5 Å². The van der Waals surface area contributed by atoms with Gasteiger partial charge in [0.1, 0.15) is 5.82 Å². The number of nitrogens with two attached hydrogens (primary N) is 1. The first-order chi connectivity index (χ1) is 8.96. The van der Waals surface area contributed by atoms with Gasteiger partial charge in [0, 0.05) is 19.6 Å². The van der Waals surface area contributed by atoms with E-state index in [0.717, 1.165) is 5.56 Å². The Balaban J connectivity index is 2.35. The van der Waals surface area contributed by atoms with Crippen molar-refractivity contribution < 1.29 is 14.2 Å². The fourth-order valence-corrected chi connectivity index (χ4v) is 2.64. The first-order valence-electron chi connectivity index (χ1n) is 6.48. The van der Waals surface area contributed by atoms with Gasteiger partial charge in [-0.3, -0.25) is 0 Å². The van der Waals surface area contributed by atoms with E-state index in [1.807, 2.05) is 24.8 Å². The van der Waals surface area contributed by atoms with Crippen molar-refractivity contribution in [1.29, 1.82) is 0 Å². The lowest BCUT2D eigenvalue weighted by atomic mass is 10.0. The van der Waals surface area contributed by atoms with Crippen LogP contribution in [0.15, 0.2) is 18.2 Å². The van der Waals surface area contributed by atoms with Gasteiger partial charge in [-0.1, -0.05) is 12.1 Å². The van der Waals surface area contributed by atoms with Crippen LogP contribution < -0.4 is 10.6 Å². The fraction of sp³-hybridized carbons (Fsp3) is 0.571. The van der Waals surface area contributed by atoms with Gasteiger partial charge >= 0.3 is 0 Å². The molecule has 2 rings (SSSR count). The van der Waals surface area contributed by atoms with E-state index in [9.17, 15) is 9.50 Å². The Labute approximate surface area is 113 Å². The molecule has 1 atom stereocenters. The molecule has 4 nitrogen and oxygen atoms in total. The Bertz CT molecular complexity index is 451. The molecule has 1 unspecified atom stereocenters. The summed E-state index contributed by atoms with van der Waals surface area (Å²) in [6.07, 6.45) is -0.311. The molecule has 0 radical (unpaired) electrons. The number of rotatable bonds is 3. The van der Waals surface area contributed by atoms with Crippen molar-refractivity contribution in [1.82, 2.24) is 0 Å². The van der Waals surface area contributed by atoms with Gasteiger partial charge in [-0.2, -0.15) is 0 Å². The summed E-state index contributed by atoms with van der Waals surface area (Å²) < 4.78 is 19.8. The molecule has 1 aromatic carbocycles. The highest BCUT2D eigenvalue weighted by Crippen LogP contribution is 2.30. The molecule has 3 N–H and O–H groups in total. The van der Waals surface area contributed by atoms with E-state index in [1.54, 1.807) is 6.07 Å². The first-order valence-corrected chi connectivity index (χ1v) is 6.48. The third-order valence-corrected chi connectivity index (χ3v) is 3.29. The van der Waals surface area contributed by atoms with Gasteiger partial charge in [0.15, 0.2) is 0 Å². The lowest BCUT2D eigenvalue weighted by Gasteiger charge is -2.44. The molecule has 0 aromatic heterocycles. The van der Waals surface area contributed by atoms with Gasteiger partial charge in [-0.15, -0.1) is 0 Å². The van der Waals surface area contributed by atoms with Crippen LogP contribution in [0.1, 0.15) is 19.4 Å². The summed E-state index contributed by atoms with van der Waals surface area (Å²) in [5.41, 5.74) is 6.56. The second kappa shape index (κ2) is 5.45. The van der Waals surface area contributed by atoms with Gasteiger partial charge in [0.25, 0.3) is 0 Å². The SMILES string of the molecule is CC1(C)CN(c2c(F)cccc2CN)CC(CO)O1. The third kappa shape index (κ3) is 3.05. The standard InChI is InChI=1S/C14H21FN2O2/c1-14(2)9-17(7-11(8-18)19-14)13-10(6-16)4-3-5-12(13)15/h3-5,11,18H,6-9,16H2,1-2H3. The summed E-state index contributed by atoms with van der Waals surface area (Å²) in [6, 6.07) is 4.93.